The monoisotopic (exact) mass is 242 g/mol. The lowest BCUT2D eigenvalue weighted by Gasteiger charge is -2.01. The summed E-state index contributed by atoms with van der Waals surface area (Å²) in [5.74, 6) is 0.880. The molecule has 3 rings (SSSR count). The molecule has 3 aromatic rings. The van der Waals surface area contributed by atoms with E-state index in [-0.39, 0.29) is 0 Å². The van der Waals surface area contributed by atoms with Crippen LogP contribution in [0.5, 0.6) is 0 Å². The number of rotatable bonds is 1. The van der Waals surface area contributed by atoms with E-state index in [2.05, 4.69) is 36.2 Å². The fourth-order valence-electron chi connectivity index (χ4n) is 1.91. The molecular formula is C14H11ClN2. The van der Waals surface area contributed by atoms with E-state index in [9.17, 15) is 0 Å². The van der Waals surface area contributed by atoms with Crippen LogP contribution < -0.4 is 0 Å². The van der Waals surface area contributed by atoms with Crippen LogP contribution in [-0.4, -0.2) is 9.38 Å². The van der Waals surface area contributed by atoms with Crippen LogP contribution in [0.3, 0.4) is 0 Å². The Labute approximate surface area is 104 Å². The van der Waals surface area contributed by atoms with Crippen LogP contribution in [0.25, 0.3) is 16.9 Å². The van der Waals surface area contributed by atoms with E-state index in [1.54, 1.807) is 0 Å². The van der Waals surface area contributed by atoms with E-state index < -0.39 is 0 Å². The van der Waals surface area contributed by atoms with E-state index in [0.29, 0.717) is 5.15 Å². The molecule has 0 aliphatic rings. The minimum Gasteiger partial charge on any atom is -0.298 e. The molecular weight excluding hydrogens is 232 g/mol. The summed E-state index contributed by atoms with van der Waals surface area (Å²) in [6.07, 6.45) is 1.98. The Hall–Kier alpha value is -1.80. The number of halogens is 1. The summed E-state index contributed by atoms with van der Waals surface area (Å²) in [5.41, 5.74) is 3.24. The number of pyridine rings is 1. The highest BCUT2D eigenvalue weighted by Crippen LogP contribution is 2.25. The van der Waals surface area contributed by atoms with E-state index in [1.807, 2.05) is 28.8 Å². The largest absolute Gasteiger partial charge is 0.298 e. The van der Waals surface area contributed by atoms with Gasteiger partial charge in [0.05, 0.1) is 5.52 Å². The Morgan fingerprint density at radius 1 is 1.06 bits per heavy atom. The zero-order valence-electron chi connectivity index (χ0n) is 9.39. The number of aryl methyl sites for hydroxylation is 1. The van der Waals surface area contributed by atoms with E-state index in [1.165, 1.54) is 5.56 Å². The van der Waals surface area contributed by atoms with E-state index >= 15 is 0 Å². The fourth-order valence-corrected chi connectivity index (χ4v) is 2.14. The van der Waals surface area contributed by atoms with Gasteiger partial charge in [-0.25, -0.2) is 4.98 Å². The molecule has 2 nitrogen and oxygen atoms in total. The molecule has 0 bridgehead atoms. The summed E-state index contributed by atoms with van der Waals surface area (Å²) in [6, 6.07) is 14.2. The molecule has 17 heavy (non-hydrogen) atoms. The molecule has 0 aliphatic heterocycles. The first-order valence-corrected chi connectivity index (χ1v) is 5.83. The number of nitrogens with zero attached hydrogens (tertiary/aromatic N) is 2. The van der Waals surface area contributed by atoms with Crippen LogP contribution in [0, 0.1) is 6.92 Å². The average Bonchev–Trinajstić information content (AvgIpc) is 2.69. The molecule has 0 spiro atoms. The first-order valence-electron chi connectivity index (χ1n) is 5.45. The first-order chi connectivity index (χ1) is 8.25. The molecule has 1 aromatic carbocycles. The zero-order valence-corrected chi connectivity index (χ0v) is 10.1. The maximum Gasteiger partial charge on any atom is 0.155 e. The normalized spacial score (nSPS) is 10.9. The summed E-state index contributed by atoms with van der Waals surface area (Å²) in [6.45, 7) is 2.07. The SMILES string of the molecule is Cc1ccc(-c2nc(Cl)c3ccccn23)cc1. The highest BCUT2D eigenvalue weighted by atomic mass is 35.5. The minimum absolute atomic E-state index is 0.543. The van der Waals surface area contributed by atoms with Gasteiger partial charge in [0.25, 0.3) is 0 Å². The second-order valence-corrected chi connectivity index (χ2v) is 4.41. The van der Waals surface area contributed by atoms with Gasteiger partial charge in [-0.15, -0.1) is 0 Å². The molecule has 0 atom stereocenters. The molecule has 0 aliphatic carbocycles. The molecule has 2 heterocycles. The number of aromatic nitrogens is 2. The van der Waals surface area contributed by atoms with E-state index in [4.69, 9.17) is 11.6 Å². The number of fused-ring (bicyclic) bond motifs is 1. The highest BCUT2D eigenvalue weighted by molar-refractivity contribution is 6.32. The smallest absolute Gasteiger partial charge is 0.155 e. The standard InChI is InChI=1S/C14H11ClN2/c1-10-5-7-11(8-6-10)14-16-13(15)12-4-2-3-9-17(12)14/h2-9H,1H3. The predicted molar refractivity (Wildman–Crippen MR) is 70.4 cm³/mol. The summed E-state index contributed by atoms with van der Waals surface area (Å²) >= 11 is 6.13. The van der Waals surface area contributed by atoms with Crippen molar-refractivity contribution < 1.29 is 0 Å². The van der Waals surface area contributed by atoms with Crippen molar-refractivity contribution in [2.45, 2.75) is 6.92 Å². The van der Waals surface area contributed by atoms with Crippen LogP contribution in [0.15, 0.2) is 48.7 Å². The maximum atomic E-state index is 6.13. The van der Waals surface area contributed by atoms with Gasteiger partial charge in [0.1, 0.15) is 5.82 Å². The summed E-state index contributed by atoms with van der Waals surface area (Å²) < 4.78 is 2.01. The molecule has 0 unspecified atom stereocenters. The van der Waals surface area contributed by atoms with Crippen LogP contribution >= 0.6 is 11.6 Å². The highest BCUT2D eigenvalue weighted by Gasteiger charge is 2.09. The Kier molecular flexibility index (Phi) is 2.37. The topological polar surface area (TPSA) is 17.3 Å². The molecule has 0 amide bonds. The van der Waals surface area contributed by atoms with Crippen LogP contribution in [0.4, 0.5) is 0 Å². The lowest BCUT2D eigenvalue weighted by atomic mass is 10.1. The zero-order chi connectivity index (χ0) is 11.8. The number of imidazole rings is 1. The van der Waals surface area contributed by atoms with Gasteiger partial charge in [-0.2, -0.15) is 0 Å². The fraction of sp³-hybridized carbons (Fsp3) is 0.0714. The van der Waals surface area contributed by atoms with Crippen molar-refractivity contribution in [1.29, 1.82) is 0 Å². The van der Waals surface area contributed by atoms with Crippen molar-refractivity contribution >= 4 is 17.1 Å². The van der Waals surface area contributed by atoms with Crippen molar-refractivity contribution in [2.24, 2.45) is 0 Å². The van der Waals surface area contributed by atoms with Crippen LogP contribution in [0.1, 0.15) is 5.56 Å². The molecule has 3 heteroatoms. The van der Waals surface area contributed by atoms with Crippen molar-refractivity contribution in [3.8, 4) is 11.4 Å². The van der Waals surface area contributed by atoms with Gasteiger partial charge < -0.3 is 0 Å². The van der Waals surface area contributed by atoms with Gasteiger partial charge in [0, 0.05) is 11.8 Å². The number of benzene rings is 1. The average molecular weight is 243 g/mol. The second-order valence-electron chi connectivity index (χ2n) is 4.05. The lowest BCUT2D eigenvalue weighted by Crippen LogP contribution is -1.88. The molecule has 0 N–H and O–H groups in total. The van der Waals surface area contributed by atoms with E-state index in [0.717, 1.165) is 16.9 Å². The third-order valence-electron chi connectivity index (χ3n) is 2.81. The molecule has 0 fully saturated rings. The van der Waals surface area contributed by atoms with Crippen molar-refractivity contribution in [2.75, 3.05) is 0 Å². The number of hydrogen-bond donors (Lipinski definition) is 0. The Morgan fingerprint density at radius 3 is 2.59 bits per heavy atom. The molecule has 0 radical (unpaired) electrons. The quantitative estimate of drug-likeness (QED) is 0.631. The second kappa shape index (κ2) is 3.90. The molecule has 2 aromatic heterocycles. The third-order valence-corrected chi connectivity index (χ3v) is 3.09. The minimum atomic E-state index is 0.543. The first kappa shape index (κ1) is 10.4. The molecule has 0 saturated carbocycles. The van der Waals surface area contributed by atoms with Crippen molar-refractivity contribution in [1.82, 2.24) is 9.38 Å². The Bertz CT molecular complexity index is 668. The van der Waals surface area contributed by atoms with Gasteiger partial charge in [0.15, 0.2) is 5.15 Å². The van der Waals surface area contributed by atoms with Gasteiger partial charge in [-0.1, -0.05) is 47.5 Å². The maximum absolute atomic E-state index is 6.13. The van der Waals surface area contributed by atoms with Gasteiger partial charge in [-0.3, -0.25) is 4.40 Å². The number of hydrogen-bond acceptors (Lipinski definition) is 1. The predicted octanol–water partition coefficient (Wildman–Crippen LogP) is 3.96. The van der Waals surface area contributed by atoms with Crippen LogP contribution in [-0.2, 0) is 0 Å². The molecule has 84 valence electrons. The van der Waals surface area contributed by atoms with Crippen molar-refractivity contribution in [3.63, 3.8) is 0 Å². The van der Waals surface area contributed by atoms with Crippen molar-refractivity contribution in [3.05, 3.63) is 59.4 Å². The lowest BCUT2D eigenvalue weighted by molar-refractivity contribution is 1.16. The summed E-state index contributed by atoms with van der Waals surface area (Å²) in [7, 11) is 0. The Morgan fingerprint density at radius 2 is 1.82 bits per heavy atom. The Balaban J connectivity index is 2.27. The van der Waals surface area contributed by atoms with Gasteiger partial charge in [0.2, 0.25) is 0 Å². The summed E-state index contributed by atoms with van der Waals surface area (Å²) in [5, 5.41) is 0.543. The third kappa shape index (κ3) is 1.71. The molecule has 0 saturated heterocycles. The van der Waals surface area contributed by atoms with Gasteiger partial charge >= 0.3 is 0 Å². The summed E-state index contributed by atoms with van der Waals surface area (Å²) in [4.78, 5) is 4.42. The van der Waals surface area contributed by atoms with Crippen LogP contribution in [0.2, 0.25) is 5.15 Å². The van der Waals surface area contributed by atoms with Gasteiger partial charge in [-0.05, 0) is 19.1 Å².